The second kappa shape index (κ2) is 9.83. The Hall–Kier alpha value is -2.47. The molecule has 0 aliphatic carbocycles. The predicted molar refractivity (Wildman–Crippen MR) is 121 cm³/mol. The van der Waals surface area contributed by atoms with Crippen LogP contribution in [0.3, 0.4) is 0 Å². The summed E-state index contributed by atoms with van der Waals surface area (Å²) in [5.74, 6) is -0.346. The fraction of sp³-hybridized carbons (Fsp3) is 0.0909. The molecule has 0 saturated heterocycles. The van der Waals surface area contributed by atoms with Gasteiger partial charge < -0.3 is 10.6 Å². The van der Waals surface area contributed by atoms with Gasteiger partial charge in [0.15, 0.2) is 0 Å². The van der Waals surface area contributed by atoms with Crippen LogP contribution in [0.2, 0.25) is 10.0 Å². The summed E-state index contributed by atoms with van der Waals surface area (Å²) in [7, 11) is 0. The highest BCUT2D eigenvalue weighted by Crippen LogP contribution is 2.37. The lowest BCUT2D eigenvalue weighted by atomic mass is 10.1. The fourth-order valence-corrected chi connectivity index (χ4v) is 4.01. The van der Waals surface area contributed by atoms with Gasteiger partial charge in [0, 0.05) is 22.5 Å². The largest absolute Gasteiger partial charge is 0.326 e. The molecule has 3 aromatic carbocycles. The van der Waals surface area contributed by atoms with Crippen molar-refractivity contribution in [2.75, 3.05) is 10.6 Å². The summed E-state index contributed by atoms with van der Waals surface area (Å²) < 4.78 is 0. The fourth-order valence-electron chi connectivity index (χ4n) is 2.65. The van der Waals surface area contributed by atoms with E-state index in [4.69, 9.17) is 23.2 Å². The van der Waals surface area contributed by atoms with Crippen molar-refractivity contribution >= 4 is 58.2 Å². The molecule has 3 rings (SSSR count). The van der Waals surface area contributed by atoms with Gasteiger partial charge in [0.05, 0.1) is 10.7 Å². The molecule has 7 heteroatoms. The van der Waals surface area contributed by atoms with Gasteiger partial charge in [-0.1, -0.05) is 53.5 Å². The molecule has 0 radical (unpaired) electrons. The highest BCUT2D eigenvalue weighted by Gasteiger charge is 2.23. The van der Waals surface area contributed by atoms with E-state index in [0.29, 0.717) is 21.4 Å². The summed E-state index contributed by atoms with van der Waals surface area (Å²) in [6.07, 6.45) is 0. The van der Waals surface area contributed by atoms with Crippen molar-refractivity contribution in [1.82, 2.24) is 0 Å². The summed E-state index contributed by atoms with van der Waals surface area (Å²) in [6.45, 7) is 1.46. The third kappa shape index (κ3) is 6.00. The Balaban J connectivity index is 1.84. The number of nitrogens with one attached hydrogen (secondary N) is 2. The Morgan fingerprint density at radius 3 is 2.24 bits per heavy atom. The molecule has 0 bridgehead atoms. The highest BCUT2D eigenvalue weighted by molar-refractivity contribution is 8.00. The van der Waals surface area contributed by atoms with E-state index in [1.54, 1.807) is 30.3 Å². The molecule has 1 unspecified atom stereocenters. The van der Waals surface area contributed by atoms with Gasteiger partial charge in [0.1, 0.15) is 5.25 Å². The first-order chi connectivity index (χ1) is 13.9. The Bertz CT molecular complexity index is 1010. The average molecular weight is 445 g/mol. The van der Waals surface area contributed by atoms with Crippen LogP contribution in [0.5, 0.6) is 0 Å². The summed E-state index contributed by atoms with van der Waals surface area (Å²) >= 11 is 13.6. The van der Waals surface area contributed by atoms with Crippen LogP contribution in [0, 0.1) is 0 Å². The van der Waals surface area contributed by atoms with Crippen LogP contribution >= 0.6 is 35.0 Å². The molecule has 1 atom stereocenters. The number of halogens is 2. The summed E-state index contributed by atoms with van der Waals surface area (Å²) in [5.41, 5.74) is 2.03. The maximum Gasteiger partial charge on any atom is 0.242 e. The molecule has 3 aromatic rings. The van der Waals surface area contributed by atoms with Gasteiger partial charge in [-0.2, -0.15) is 0 Å². The van der Waals surface area contributed by atoms with Crippen molar-refractivity contribution in [1.29, 1.82) is 0 Å². The molecular formula is C22H18Cl2N2O2S. The van der Waals surface area contributed by atoms with Crippen LogP contribution in [0.4, 0.5) is 11.4 Å². The molecule has 2 N–H and O–H groups in total. The number of hydrogen-bond donors (Lipinski definition) is 2. The number of carbonyl (C=O) groups is 2. The normalized spacial score (nSPS) is 11.6. The van der Waals surface area contributed by atoms with Crippen LogP contribution < -0.4 is 10.6 Å². The number of benzene rings is 3. The molecule has 2 amide bonds. The number of hydrogen-bond acceptors (Lipinski definition) is 3. The number of amides is 2. The molecule has 0 fully saturated rings. The van der Waals surface area contributed by atoms with Gasteiger partial charge in [0.25, 0.3) is 0 Å². The van der Waals surface area contributed by atoms with Crippen LogP contribution in [0.15, 0.2) is 77.7 Å². The van der Waals surface area contributed by atoms with E-state index in [0.717, 1.165) is 10.5 Å². The number of thioether (sulfide) groups is 1. The molecule has 0 spiro atoms. The van der Waals surface area contributed by atoms with Crippen molar-refractivity contribution in [3.05, 3.63) is 88.4 Å². The Labute approximate surface area is 183 Å². The maximum atomic E-state index is 13.1. The van der Waals surface area contributed by atoms with E-state index in [-0.39, 0.29) is 11.8 Å². The average Bonchev–Trinajstić information content (AvgIpc) is 2.70. The van der Waals surface area contributed by atoms with Gasteiger partial charge in [-0.15, -0.1) is 11.8 Å². The highest BCUT2D eigenvalue weighted by atomic mass is 35.5. The quantitative estimate of drug-likeness (QED) is 0.430. The minimum atomic E-state index is -0.502. The van der Waals surface area contributed by atoms with E-state index in [2.05, 4.69) is 10.6 Å². The SMILES string of the molecule is CC(=O)Nc1ccc(SC(C(=O)Nc2cc(Cl)ccc2Cl)c2ccccc2)cc1. The number of rotatable bonds is 6. The zero-order valence-corrected chi connectivity index (χ0v) is 17.8. The van der Waals surface area contributed by atoms with Crippen LogP contribution in [-0.2, 0) is 9.59 Å². The van der Waals surface area contributed by atoms with Crippen LogP contribution in [-0.4, -0.2) is 11.8 Å². The third-order valence-electron chi connectivity index (χ3n) is 3.96. The number of carbonyl (C=O) groups excluding carboxylic acids is 2. The van der Waals surface area contributed by atoms with Crippen LogP contribution in [0.25, 0.3) is 0 Å². The van der Waals surface area contributed by atoms with E-state index in [9.17, 15) is 9.59 Å². The topological polar surface area (TPSA) is 58.2 Å². The molecular weight excluding hydrogens is 427 g/mol. The van der Waals surface area contributed by atoms with Gasteiger partial charge in [-0.25, -0.2) is 0 Å². The maximum absolute atomic E-state index is 13.1. The molecule has 0 heterocycles. The van der Waals surface area contributed by atoms with Crippen molar-refractivity contribution in [3.8, 4) is 0 Å². The minimum absolute atomic E-state index is 0.134. The van der Waals surface area contributed by atoms with Gasteiger partial charge in [0.2, 0.25) is 11.8 Å². The second-order valence-electron chi connectivity index (χ2n) is 6.23. The van der Waals surface area contributed by atoms with Crippen LogP contribution in [0.1, 0.15) is 17.7 Å². The molecule has 0 aliphatic rings. The zero-order chi connectivity index (χ0) is 20.8. The van der Waals surface area contributed by atoms with E-state index in [1.165, 1.54) is 18.7 Å². The third-order valence-corrected chi connectivity index (χ3v) is 5.79. The Kier molecular flexibility index (Phi) is 7.20. The molecule has 0 aliphatic heterocycles. The number of anilines is 2. The first-order valence-corrected chi connectivity index (χ1v) is 10.4. The van der Waals surface area contributed by atoms with Gasteiger partial charge in [-0.05, 0) is 48.0 Å². The van der Waals surface area contributed by atoms with Gasteiger partial charge in [-0.3, -0.25) is 9.59 Å². The Morgan fingerprint density at radius 2 is 1.59 bits per heavy atom. The standard InChI is InChI=1S/C22H18Cl2N2O2S/c1-14(27)25-17-8-10-18(11-9-17)29-21(15-5-3-2-4-6-15)22(28)26-20-13-16(23)7-12-19(20)24/h2-13,21H,1H3,(H,25,27)(H,26,28). The predicted octanol–water partition coefficient (Wildman–Crippen LogP) is 6.42. The molecule has 0 aromatic heterocycles. The Morgan fingerprint density at radius 1 is 0.897 bits per heavy atom. The smallest absolute Gasteiger partial charge is 0.242 e. The summed E-state index contributed by atoms with van der Waals surface area (Å²) in [6, 6.07) is 21.8. The molecule has 148 valence electrons. The van der Waals surface area contributed by atoms with Gasteiger partial charge >= 0.3 is 0 Å². The summed E-state index contributed by atoms with van der Waals surface area (Å²) in [5, 5.41) is 6.01. The lowest BCUT2D eigenvalue weighted by Crippen LogP contribution is -2.19. The summed E-state index contributed by atoms with van der Waals surface area (Å²) in [4.78, 5) is 25.2. The first kappa shape index (κ1) is 21.2. The second-order valence-corrected chi connectivity index (χ2v) is 8.25. The lowest BCUT2D eigenvalue weighted by molar-refractivity contribution is -0.116. The molecule has 4 nitrogen and oxygen atoms in total. The van der Waals surface area contributed by atoms with Crippen molar-refractivity contribution in [2.24, 2.45) is 0 Å². The monoisotopic (exact) mass is 444 g/mol. The van der Waals surface area contributed by atoms with E-state index in [1.807, 2.05) is 42.5 Å². The lowest BCUT2D eigenvalue weighted by Gasteiger charge is -2.18. The minimum Gasteiger partial charge on any atom is -0.326 e. The zero-order valence-electron chi connectivity index (χ0n) is 15.5. The van der Waals surface area contributed by atoms with Crippen molar-refractivity contribution in [3.63, 3.8) is 0 Å². The first-order valence-electron chi connectivity index (χ1n) is 8.77. The van der Waals surface area contributed by atoms with Crippen molar-refractivity contribution in [2.45, 2.75) is 17.1 Å². The molecule has 0 saturated carbocycles. The molecule has 29 heavy (non-hydrogen) atoms. The van der Waals surface area contributed by atoms with Crippen molar-refractivity contribution < 1.29 is 9.59 Å². The van der Waals surface area contributed by atoms with E-state index < -0.39 is 5.25 Å². The van der Waals surface area contributed by atoms with E-state index >= 15 is 0 Å².